The number of hydrazone groups is 1. The zero-order chi connectivity index (χ0) is 16.9. The van der Waals surface area contributed by atoms with Gasteiger partial charge in [0.2, 0.25) is 0 Å². The first-order valence-corrected chi connectivity index (χ1v) is 7.88. The highest BCUT2D eigenvalue weighted by molar-refractivity contribution is 9.10. The van der Waals surface area contributed by atoms with Crippen LogP contribution in [0.5, 0.6) is 5.75 Å². The number of benzene rings is 1. The van der Waals surface area contributed by atoms with Crippen molar-refractivity contribution in [2.45, 2.75) is 6.18 Å². The van der Waals surface area contributed by atoms with Crippen molar-refractivity contribution >= 4 is 39.4 Å². The van der Waals surface area contributed by atoms with Gasteiger partial charge in [-0.05, 0) is 40.2 Å². The molecule has 4 nitrogen and oxygen atoms in total. The Balaban J connectivity index is 1.83. The van der Waals surface area contributed by atoms with E-state index in [1.807, 2.05) is 11.4 Å². The van der Waals surface area contributed by atoms with Crippen molar-refractivity contribution in [1.82, 2.24) is 5.43 Å². The number of rotatable bonds is 5. The van der Waals surface area contributed by atoms with E-state index in [1.54, 1.807) is 0 Å². The number of amides is 1. The highest BCUT2D eigenvalue weighted by atomic mass is 79.9. The van der Waals surface area contributed by atoms with Gasteiger partial charge < -0.3 is 4.74 Å². The standard InChI is InChI=1S/C14H10BrF3N2O2S/c15-10-5-12(23-8-10)6-19-20-13(21)7-22-11-3-1-2-9(4-11)14(16,17)18/h1-6,8H,7H2,(H,20,21)/b19-6+. The van der Waals surface area contributed by atoms with Crippen molar-refractivity contribution in [1.29, 1.82) is 0 Å². The van der Waals surface area contributed by atoms with Crippen molar-refractivity contribution in [2.75, 3.05) is 6.61 Å². The second kappa shape index (κ2) is 7.60. The quantitative estimate of drug-likeness (QED) is 0.601. The molecule has 23 heavy (non-hydrogen) atoms. The van der Waals surface area contributed by atoms with Crippen molar-refractivity contribution < 1.29 is 22.7 Å². The number of nitrogens with one attached hydrogen (secondary N) is 1. The minimum absolute atomic E-state index is 0.0406. The van der Waals surface area contributed by atoms with E-state index in [0.29, 0.717) is 0 Å². The van der Waals surface area contributed by atoms with Crippen molar-refractivity contribution in [3.05, 3.63) is 50.6 Å². The normalized spacial score (nSPS) is 11.7. The first-order valence-electron chi connectivity index (χ1n) is 6.20. The number of ether oxygens (including phenoxy) is 1. The molecule has 0 bridgehead atoms. The second-order valence-corrected chi connectivity index (χ2v) is 6.13. The SMILES string of the molecule is O=C(COc1cccc(C(F)(F)F)c1)N/N=C/c1cc(Br)cs1. The van der Waals surface area contributed by atoms with Crippen molar-refractivity contribution in [3.8, 4) is 5.75 Å². The van der Waals surface area contributed by atoms with Crippen LogP contribution in [0, 0.1) is 0 Å². The molecule has 0 aliphatic heterocycles. The van der Waals surface area contributed by atoms with Gasteiger partial charge in [-0.2, -0.15) is 18.3 Å². The summed E-state index contributed by atoms with van der Waals surface area (Å²) in [5.74, 6) is -0.615. The van der Waals surface area contributed by atoms with Crippen molar-refractivity contribution in [3.63, 3.8) is 0 Å². The molecular weight excluding hydrogens is 397 g/mol. The topological polar surface area (TPSA) is 50.7 Å². The summed E-state index contributed by atoms with van der Waals surface area (Å²) in [5.41, 5.74) is 1.39. The van der Waals surface area contributed by atoms with Gasteiger partial charge in [0.15, 0.2) is 6.61 Å². The maximum Gasteiger partial charge on any atom is 0.416 e. The molecule has 0 aliphatic rings. The lowest BCUT2D eigenvalue weighted by atomic mass is 10.2. The predicted octanol–water partition coefficient (Wildman–Crippen LogP) is 4.06. The van der Waals surface area contributed by atoms with E-state index in [1.165, 1.54) is 29.7 Å². The lowest BCUT2D eigenvalue weighted by Crippen LogP contribution is -2.24. The third-order valence-corrected chi connectivity index (χ3v) is 4.13. The molecule has 0 aliphatic carbocycles. The number of carbonyl (C=O) groups excluding carboxylic acids is 1. The molecule has 0 radical (unpaired) electrons. The van der Waals surface area contributed by atoms with Crippen LogP contribution in [0.2, 0.25) is 0 Å². The molecule has 9 heteroatoms. The maximum atomic E-state index is 12.5. The van der Waals surface area contributed by atoms with Gasteiger partial charge in [-0.1, -0.05) is 6.07 Å². The summed E-state index contributed by atoms with van der Waals surface area (Å²) in [6, 6.07) is 6.13. The minimum Gasteiger partial charge on any atom is -0.484 e. The van der Waals surface area contributed by atoms with Gasteiger partial charge in [0.05, 0.1) is 11.8 Å². The largest absolute Gasteiger partial charge is 0.484 e. The Labute approximate surface area is 142 Å². The van der Waals surface area contributed by atoms with Gasteiger partial charge in [-0.25, -0.2) is 5.43 Å². The summed E-state index contributed by atoms with van der Waals surface area (Å²) in [4.78, 5) is 12.3. The van der Waals surface area contributed by atoms with Gasteiger partial charge in [0.25, 0.3) is 5.91 Å². The van der Waals surface area contributed by atoms with E-state index in [9.17, 15) is 18.0 Å². The highest BCUT2D eigenvalue weighted by Crippen LogP contribution is 2.31. The van der Waals surface area contributed by atoms with Crippen LogP contribution < -0.4 is 10.2 Å². The lowest BCUT2D eigenvalue weighted by Gasteiger charge is -2.09. The lowest BCUT2D eigenvalue weighted by molar-refractivity contribution is -0.137. The van der Waals surface area contributed by atoms with E-state index in [0.717, 1.165) is 21.5 Å². The van der Waals surface area contributed by atoms with Gasteiger partial charge in [-0.15, -0.1) is 11.3 Å². The first kappa shape index (κ1) is 17.5. The average molecular weight is 407 g/mol. The number of nitrogens with zero attached hydrogens (tertiary/aromatic N) is 1. The molecule has 122 valence electrons. The number of carbonyl (C=O) groups is 1. The van der Waals surface area contributed by atoms with E-state index >= 15 is 0 Å². The van der Waals surface area contributed by atoms with Crippen LogP contribution in [-0.2, 0) is 11.0 Å². The number of alkyl halides is 3. The molecule has 0 atom stereocenters. The Morgan fingerprint density at radius 1 is 1.39 bits per heavy atom. The monoisotopic (exact) mass is 406 g/mol. The third-order valence-electron chi connectivity index (χ3n) is 2.50. The van der Waals surface area contributed by atoms with Gasteiger partial charge in [0, 0.05) is 14.7 Å². The maximum absolute atomic E-state index is 12.5. The fourth-order valence-corrected chi connectivity index (χ4v) is 2.81. The molecule has 1 heterocycles. The molecule has 2 aromatic rings. The third kappa shape index (κ3) is 5.68. The van der Waals surface area contributed by atoms with E-state index in [-0.39, 0.29) is 5.75 Å². The van der Waals surface area contributed by atoms with Gasteiger partial charge in [0.1, 0.15) is 5.75 Å². The predicted molar refractivity (Wildman–Crippen MR) is 84.7 cm³/mol. The highest BCUT2D eigenvalue weighted by Gasteiger charge is 2.30. The summed E-state index contributed by atoms with van der Waals surface area (Å²) in [7, 11) is 0. The summed E-state index contributed by atoms with van der Waals surface area (Å²) < 4.78 is 43.5. The Morgan fingerprint density at radius 3 is 2.83 bits per heavy atom. The fraction of sp³-hybridized carbons (Fsp3) is 0.143. The van der Waals surface area contributed by atoms with Gasteiger partial charge >= 0.3 is 6.18 Å². The Morgan fingerprint density at radius 2 is 2.17 bits per heavy atom. The second-order valence-electron chi connectivity index (χ2n) is 4.27. The number of hydrogen-bond acceptors (Lipinski definition) is 4. The van der Waals surface area contributed by atoms with E-state index < -0.39 is 24.3 Å². The molecule has 1 amide bonds. The number of hydrogen-bond donors (Lipinski definition) is 1. The molecule has 1 aromatic carbocycles. The molecule has 1 N–H and O–H groups in total. The van der Waals surface area contributed by atoms with E-state index in [2.05, 4.69) is 26.5 Å². The van der Waals surface area contributed by atoms with E-state index in [4.69, 9.17) is 4.74 Å². The van der Waals surface area contributed by atoms with Crippen LogP contribution in [0.4, 0.5) is 13.2 Å². The van der Waals surface area contributed by atoms with Crippen LogP contribution in [0.25, 0.3) is 0 Å². The van der Waals surface area contributed by atoms with Crippen LogP contribution in [0.15, 0.2) is 45.3 Å². The molecule has 2 rings (SSSR count). The zero-order valence-corrected chi connectivity index (χ0v) is 13.8. The first-order chi connectivity index (χ1) is 10.8. The summed E-state index contributed by atoms with van der Waals surface area (Å²) in [6.45, 7) is -0.438. The molecular formula is C14H10BrF3N2O2S. The Bertz CT molecular complexity index is 716. The fourth-order valence-electron chi connectivity index (χ4n) is 1.51. The number of halogens is 4. The Kier molecular flexibility index (Phi) is 5.78. The van der Waals surface area contributed by atoms with Crippen LogP contribution >= 0.6 is 27.3 Å². The Hall–Kier alpha value is -1.87. The summed E-state index contributed by atoms with van der Waals surface area (Å²) >= 11 is 4.71. The summed E-state index contributed by atoms with van der Waals surface area (Å²) in [6.07, 6.45) is -3.00. The molecule has 0 saturated carbocycles. The number of thiophene rings is 1. The van der Waals surface area contributed by atoms with Crippen LogP contribution in [0.3, 0.4) is 0 Å². The molecule has 0 unspecified atom stereocenters. The zero-order valence-electron chi connectivity index (χ0n) is 11.4. The van der Waals surface area contributed by atoms with Crippen LogP contribution in [-0.4, -0.2) is 18.7 Å². The summed E-state index contributed by atoms with van der Waals surface area (Å²) in [5, 5.41) is 5.59. The minimum atomic E-state index is -4.46. The smallest absolute Gasteiger partial charge is 0.416 e. The molecule has 1 aromatic heterocycles. The molecule has 0 fully saturated rings. The molecule has 0 spiro atoms. The van der Waals surface area contributed by atoms with Crippen LogP contribution in [0.1, 0.15) is 10.4 Å². The van der Waals surface area contributed by atoms with Gasteiger partial charge in [-0.3, -0.25) is 4.79 Å². The average Bonchev–Trinajstić information content (AvgIpc) is 2.90. The van der Waals surface area contributed by atoms with Crippen molar-refractivity contribution in [2.24, 2.45) is 5.10 Å². The molecule has 0 saturated heterocycles.